The van der Waals surface area contributed by atoms with E-state index in [9.17, 15) is 19.7 Å². The number of benzene rings is 2. The largest absolute Gasteiger partial charge is 0.375 e. The Hall–Kier alpha value is -3.34. The van der Waals surface area contributed by atoms with Crippen LogP contribution in [0.3, 0.4) is 0 Å². The quantitative estimate of drug-likeness (QED) is 0.337. The Morgan fingerprint density at radius 1 is 1.17 bits per heavy atom. The third kappa shape index (κ3) is 7.58. The number of nitrogens with one attached hydrogen (secondary N) is 1. The van der Waals surface area contributed by atoms with Gasteiger partial charge in [0.25, 0.3) is 5.69 Å². The third-order valence-electron chi connectivity index (χ3n) is 6.49. The molecule has 36 heavy (non-hydrogen) atoms. The number of hydrogen-bond donors (Lipinski definition) is 2. The maximum absolute atomic E-state index is 13.0. The predicted molar refractivity (Wildman–Crippen MR) is 136 cm³/mol. The molecule has 2 aromatic rings. The molecule has 194 valence electrons. The van der Waals surface area contributed by atoms with E-state index >= 15 is 0 Å². The number of nitro groups is 1. The smallest absolute Gasteiger partial charge is 0.269 e. The minimum Gasteiger partial charge on any atom is -0.375 e. The molecule has 10 nitrogen and oxygen atoms in total. The van der Waals surface area contributed by atoms with Crippen LogP contribution in [0.5, 0.6) is 0 Å². The second-order valence-electron chi connectivity index (χ2n) is 8.92. The van der Waals surface area contributed by atoms with Crippen molar-refractivity contribution in [3.8, 4) is 0 Å². The number of nitrogens with zero attached hydrogens (tertiary/aromatic N) is 3. The Kier molecular flexibility index (Phi) is 10.3. The number of rotatable bonds is 12. The molecule has 1 heterocycles. The first-order valence-electron chi connectivity index (χ1n) is 12.2. The Bertz CT molecular complexity index is 1000. The van der Waals surface area contributed by atoms with Crippen molar-refractivity contribution in [2.45, 2.75) is 37.9 Å². The number of amides is 2. The van der Waals surface area contributed by atoms with Gasteiger partial charge in [0, 0.05) is 58.0 Å². The zero-order chi connectivity index (χ0) is 25.9. The van der Waals surface area contributed by atoms with Gasteiger partial charge in [0.15, 0.2) is 0 Å². The van der Waals surface area contributed by atoms with Crippen LogP contribution in [-0.2, 0) is 27.3 Å². The first-order valence-corrected chi connectivity index (χ1v) is 12.2. The highest BCUT2D eigenvalue weighted by molar-refractivity contribution is 5.88. The fourth-order valence-corrected chi connectivity index (χ4v) is 4.61. The molecule has 1 aliphatic rings. The second-order valence-corrected chi connectivity index (χ2v) is 8.92. The highest BCUT2D eigenvalue weighted by Crippen LogP contribution is 2.25. The minimum atomic E-state index is -0.617. The molecule has 2 atom stereocenters. The first kappa shape index (κ1) is 27.3. The van der Waals surface area contributed by atoms with Gasteiger partial charge in [-0.3, -0.25) is 24.6 Å². The van der Waals surface area contributed by atoms with Crippen LogP contribution in [0.25, 0.3) is 0 Å². The van der Waals surface area contributed by atoms with Gasteiger partial charge < -0.3 is 20.7 Å². The first-order chi connectivity index (χ1) is 17.4. The van der Waals surface area contributed by atoms with Gasteiger partial charge in [0.2, 0.25) is 11.8 Å². The van der Waals surface area contributed by atoms with Crippen molar-refractivity contribution in [2.75, 3.05) is 39.9 Å². The molecule has 0 bridgehead atoms. The Labute approximate surface area is 211 Å². The summed E-state index contributed by atoms with van der Waals surface area (Å²) < 4.78 is 5.03. The lowest BCUT2D eigenvalue weighted by atomic mass is 9.93. The van der Waals surface area contributed by atoms with Gasteiger partial charge in [-0.15, -0.1) is 0 Å². The molecule has 3 rings (SSSR count). The number of nitro benzene ring substituents is 1. The SMILES string of the molecule is COCC(=O)N1CCC(N(CCc2ccccc2)Cc2ccc([N+](=O)[O-])cc2)C[C@@H]1C(=O)NCCN. The van der Waals surface area contributed by atoms with Gasteiger partial charge in [-0.05, 0) is 30.4 Å². The maximum atomic E-state index is 13.0. The zero-order valence-electron chi connectivity index (χ0n) is 20.7. The van der Waals surface area contributed by atoms with Crippen LogP contribution in [0.4, 0.5) is 5.69 Å². The summed E-state index contributed by atoms with van der Waals surface area (Å²) >= 11 is 0. The van der Waals surface area contributed by atoms with Gasteiger partial charge >= 0.3 is 0 Å². The molecular formula is C26H35N5O5. The molecule has 1 saturated heterocycles. The summed E-state index contributed by atoms with van der Waals surface area (Å²) in [7, 11) is 1.46. The standard InChI is InChI=1S/C26H35N5O5/c1-36-19-25(32)30-16-12-23(17-24(30)26(33)28-14-13-27)29(15-11-20-5-3-2-4-6-20)18-21-7-9-22(10-8-21)31(34)35/h2-10,23-24H,11-19,27H2,1H3,(H,28,33)/t23?,24-/m1/s1. The average molecular weight is 498 g/mol. The van der Waals surface area contributed by atoms with Crippen molar-refractivity contribution in [3.63, 3.8) is 0 Å². The lowest BCUT2D eigenvalue weighted by molar-refractivity contribution is -0.384. The van der Waals surface area contributed by atoms with Crippen molar-refractivity contribution >= 4 is 17.5 Å². The van der Waals surface area contributed by atoms with E-state index in [2.05, 4.69) is 22.3 Å². The van der Waals surface area contributed by atoms with Gasteiger partial charge in [-0.1, -0.05) is 42.5 Å². The topological polar surface area (TPSA) is 131 Å². The summed E-state index contributed by atoms with van der Waals surface area (Å²) in [5.41, 5.74) is 7.78. The van der Waals surface area contributed by atoms with Crippen molar-refractivity contribution < 1.29 is 19.2 Å². The molecule has 10 heteroatoms. The fourth-order valence-electron chi connectivity index (χ4n) is 4.61. The minimum absolute atomic E-state index is 0.0455. The summed E-state index contributed by atoms with van der Waals surface area (Å²) in [5, 5.41) is 13.9. The average Bonchev–Trinajstić information content (AvgIpc) is 2.90. The number of carbonyl (C=O) groups is 2. The van der Waals surface area contributed by atoms with E-state index < -0.39 is 11.0 Å². The van der Waals surface area contributed by atoms with E-state index in [1.165, 1.54) is 24.8 Å². The van der Waals surface area contributed by atoms with Crippen molar-refractivity contribution in [2.24, 2.45) is 5.73 Å². The zero-order valence-corrected chi connectivity index (χ0v) is 20.7. The molecular weight excluding hydrogens is 462 g/mol. The van der Waals surface area contributed by atoms with Crippen molar-refractivity contribution in [1.82, 2.24) is 15.1 Å². The van der Waals surface area contributed by atoms with Crippen molar-refractivity contribution in [3.05, 3.63) is 75.8 Å². The van der Waals surface area contributed by atoms with Gasteiger partial charge in [0.1, 0.15) is 12.6 Å². The molecule has 0 radical (unpaired) electrons. The van der Waals surface area contributed by atoms with E-state index in [0.29, 0.717) is 39.0 Å². The fraction of sp³-hybridized carbons (Fsp3) is 0.462. The predicted octanol–water partition coefficient (Wildman–Crippen LogP) is 1.72. The van der Waals surface area contributed by atoms with Crippen LogP contribution in [0.15, 0.2) is 54.6 Å². The highest BCUT2D eigenvalue weighted by Gasteiger charge is 2.38. The van der Waals surface area contributed by atoms with Crippen LogP contribution in [0.2, 0.25) is 0 Å². The van der Waals surface area contributed by atoms with E-state index in [0.717, 1.165) is 18.5 Å². The summed E-state index contributed by atoms with van der Waals surface area (Å²) in [6.07, 6.45) is 2.01. The normalized spacial score (nSPS) is 17.7. The summed E-state index contributed by atoms with van der Waals surface area (Å²) in [6, 6.07) is 16.2. The molecule has 0 aromatic heterocycles. The molecule has 2 amide bonds. The van der Waals surface area contributed by atoms with E-state index in [-0.39, 0.29) is 30.2 Å². The highest BCUT2D eigenvalue weighted by atomic mass is 16.6. The van der Waals surface area contributed by atoms with Gasteiger partial charge in [-0.2, -0.15) is 0 Å². The molecule has 2 aromatic carbocycles. The lowest BCUT2D eigenvalue weighted by Gasteiger charge is -2.43. The number of methoxy groups -OCH3 is 1. The number of carbonyl (C=O) groups excluding carboxylic acids is 2. The summed E-state index contributed by atoms with van der Waals surface area (Å²) in [6.45, 7) is 2.35. The van der Waals surface area contributed by atoms with E-state index in [4.69, 9.17) is 10.5 Å². The Morgan fingerprint density at radius 3 is 2.53 bits per heavy atom. The number of non-ortho nitro benzene ring substituents is 1. The molecule has 1 unspecified atom stereocenters. The van der Waals surface area contributed by atoms with E-state index in [1.807, 2.05) is 18.2 Å². The van der Waals surface area contributed by atoms with Gasteiger partial charge in [-0.25, -0.2) is 0 Å². The molecule has 0 aliphatic carbocycles. The molecule has 0 spiro atoms. The van der Waals surface area contributed by atoms with Crippen molar-refractivity contribution in [1.29, 1.82) is 0 Å². The monoisotopic (exact) mass is 497 g/mol. The third-order valence-corrected chi connectivity index (χ3v) is 6.49. The van der Waals surface area contributed by atoms with Gasteiger partial charge in [0.05, 0.1) is 4.92 Å². The second kappa shape index (κ2) is 13.7. The number of nitrogens with two attached hydrogens (primary N) is 1. The van der Waals surface area contributed by atoms with Crippen LogP contribution >= 0.6 is 0 Å². The molecule has 3 N–H and O–H groups in total. The molecule has 1 aliphatic heterocycles. The number of likely N-dealkylation sites (tertiary alicyclic amines) is 1. The van der Waals surface area contributed by atoms with E-state index in [1.54, 1.807) is 17.0 Å². The van der Waals surface area contributed by atoms with Crippen LogP contribution in [0.1, 0.15) is 24.0 Å². The number of piperidine rings is 1. The maximum Gasteiger partial charge on any atom is 0.269 e. The number of ether oxygens (including phenoxy) is 1. The number of hydrogen-bond acceptors (Lipinski definition) is 7. The van der Waals surface area contributed by atoms with Crippen LogP contribution in [-0.4, -0.2) is 78.5 Å². The Balaban J connectivity index is 1.80. The van der Waals surface area contributed by atoms with Crippen LogP contribution < -0.4 is 11.1 Å². The van der Waals surface area contributed by atoms with Crippen LogP contribution in [0, 0.1) is 10.1 Å². The lowest BCUT2D eigenvalue weighted by Crippen LogP contribution is -2.58. The summed E-state index contributed by atoms with van der Waals surface area (Å²) in [5.74, 6) is -0.428. The Morgan fingerprint density at radius 2 is 1.89 bits per heavy atom. The summed E-state index contributed by atoms with van der Waals surface area (Å²) in [4.78, 5) is 40.2. The molecule has 1 fully saturated rings. The molecule has 0 saturated carbocycles.